The second kappa shape index (κ2) is 7.75. The first-order valence-electron chi connectivity index (χ1n) is 6.55. The van der Waals surface area contributed by atoms with Gasteiger partial charge in [-0.25, -0.2) is 0 Å². The third-order valence-electron chi connectivity index (χ3n) is 3.40. The number of rotatable bonds is 7. The molecule has 20 heavy (non-hydrogen) atoms. The second-order valence-electron chi connectivity index (χ2n) is 4.67. The lowest BCUT2D eigenvalue weighted by Gasteiger charge is -2.19. The molecule has 0 fully saturated rings. The van der Waals surface area contributed by atoms with Crippen molar-refractivity contribution in [2.75, 3.05) is 21.3 Å². The second-order valence-corrected chi connectivity index (χ2v) is 4.67. The molecule has 0 saturated carbocycles. The Kier molecular flexibility index (Phi) is 6.31. The minimum atomic E-state index is -0.211. The molecule has 2 unspecified atom stereocenters. The van der Waals surface area contributed by atoms with E-state index in [0.29, 0.717) is 18.0 Å². The average Bonchev–Trinajstić information content (AvgIpc) is 2.50. The Labute approximate surface area is 120 Å². The van der Waals surface area contributed by atoms with Gasteiger partial charge in [0.2, 0.25) is 0 Å². The van der Waals surface area contributed by atoms with Crippen LogP contribution in [0.2, 0.25) is 0 Å². The normalized spacial score (nSPS) is 13.4. The standard InChI is InChI=1S/C15H23NO4/c1-10(15(17)20-5)11(2)16-9-12-6-7-13(18-3)14(8-12)19-4/h6-8,10-11,16H,9H2,1-5H3. The molecule has 5 heteroatoms. The van der Waals surface area contributed by atoms with E-state index in [1.807, 2.05) is 32.0 Å². The molecular weight excluding hydrogens is 258 g/mol. The Bertz CT molecular complexity index is 447. The van der Waals surface area contributed by atoms with Crippen LogP contribution in [-0.2, 0) is 16.1 Å². The third kappa shape index (κ3) is 4.13. The van der Waals surface area contributed by atoms with E-state index in [9.17, 15) is 4.79 Å². The number of hydrogen-bond donors (Lipinski definition) is 1. The highest BCUT2D eigenvalue weighted by Gasteiger charge is 2.20. The minimum absolute atomic E-state index is 0.0237. The highest BCUT2D eigenvalue weighted by atomic mass is 16.5. The van der Waals surface area contributed by atoms with Crippen LogP contribution in [0.15, 0.2) is 18.2 Å². The molecule has 112 valence electrons. The van der Waals surface area contributed by atoms with Gasteiger partial charge in [0.15, 0.2) is 11.5 Å². The molecule has 1 aromatic rings. The van der Waals surface area contributed by atoms with Crippen LogP contribution in [0.4, 0.5) is 0 Å². The summed E-state index contributed by atoms with van der Waals surface area (Å²) in [5.41, 5.74) is 1.06. The van der Waals surface area contributed by atoms with Crippen LogP contribution in [0.1, 0.15) is 19.4 Å². The van der Waals surface area contributed by atoms with Crippen LogP contribution < -0.4 is 14.8 Å². The zero-order chi connectivity index (χ0) is 15.1. The summed E-state index contributed by atoms with van der Waals surface area (Å²) in [5.74, 6) is 0.991. The highest BCUT2D eigenvalue weighted by molar-refractivity contribution is 5.72. The quantitative estimate of drug-likeness (QED) is 0.775. The van der Waals surface area contributed by atoms with Crippen molar-refractivity contribution in [2.45, 2.75) is 26.4 Å². The van der Waals surface area contributed by atoms with Crippen molar-refractivity contribution in [2.24, 2.45) is 5.92 Å². The molecule has 0 radical (unpaired) electrons. The Balaban J connectivity index is 2.63. The lowest BCUT2D eigenvalue weighted by atomic mass is 10.0. The van der Waals surface area contributed by atoms with E-state index >= 15 is 0 Å². The van der Waals surface area contributed by atoms with Gasteiger partial charge in [-0.2, -0.15) is 0 Å². The van der Waals surface area contributed by atoms with Gasteiger partial charge in [-0.05, 0) is 24.6 Å². The maximum atomic E-state index is 11.4. The highest BCUT2D eigenvalue weighted by Crippen LogP contribution is 2.27. The predicted molar refractivity (Wildman–Crippen MR) is 77.0 cm³/mol. The summed E-state index contributed by atoms with van der Waals surface area (Å²) < 4.78 is 15.2. The fraction of sp³-hybridized carbons (Fsp3) is 0.533. The van der Waals surface area contributed by atoms with E-state index in [1.54, 1.807) is 14.2 Å². The number of nitrogens with one attached hydrogen (secondary N) is 1. The molecule has 1 rings (SSSR count). The Hall–Kier alpha value is -1.75. The number of benzene rings is 1. The summed E-state index contributed by atoms with van der Waals surface area (Å²) in [7, 11) is 4.62. The summed E-state index contributed by atoms with van der Waals surface area (Å²) >= 11 is 0. The van der Waals surface area contributed by atoms with Crippen molar-refractivity contribution < 1.29 is 19.0 Å². The van der Waals surface area contributed by atoms with Crippen LogP contribution in [0, 0.1) is 5.92 Å². The Morgan fingerprint density at radius 1 is 1.15 bits per heavy atom. The summed E-state index contributed by atoms with van der Waals surface area (Å²) in [6.45, 7) is 4.45. The van der Waals surface area contributed by atoms with Gasteiger partial charge >= 0.3 is 5.97 Å². The first kappa shape index (κ1) is 16.3. The van der Waals surface area contributed by atoms with Crippen molar-refractivity contribution in [3.05, 3.63) is 23.8 Å². The fourth-order valence-electron chi connectivity index (χ4n) is 1.84. The number of carbonyl (C=O) groups is 1. The van der Waals surface area contributed by atoms with Gasteiger partial charge in [0, 0.05) is 12.6 Å². The van der Waals surface area contributed by atoms with E-state index in [0.717, 1.165) is 5.56 Å². The maximum Gasteiger partial charge on any atom is 0.309 e. The lowest BCUT2D eigenvalue weighted by Crippen LogP contribution is -2.36. The van der Waals surface area contributed by atoms with Crippen LogP contribution in [0.3, 0.4) is 0 Å². The fourth-order valence-corrected chi connectivity index (χ4v) is 1.84. The largest absolute Gasteiger partial charge is 0.493 e. The minimum Gasteiger partial charge on any atom is -0.493 e. The van der Waals surface area contributed by atoms with Gasteiger partial charge in [-0.1, -0.05) is 13.0 Å². The SMILES string of the molecule is COC(=O)C(C)C(C)NCc1ccc(OC)c(OC)c1. The first-order valence-corrected chi connectivity index (χ1v) is 6.55. The molecule has 0 spiro atoms. The molecule has 0 saturated heterocycles. The molecule has 5 nitrogen and oxygen atoms in total. The molecular formula is C15H23NO4. The van der Waals surface area contributed by atoms with Gasteiger partial charge in [0.25, 0.3) is 0 Å². The molecule has 0 bridgehead atoms. The van der Waals surface area contributed by atoms with Gasteiger partial charge in [0.05, 0.1) is 27.2 Å². The number of hydrogen-bond acceptors (Lipinski definition) is 5. The number of methoxy groups -OCH3 is 3. The maximum absolute atomic E-state index is 11.4. The molecule has 0 aliphatic heterocycles. The van der Waals surface area contributed by atoms with E-state index in [2.05, 4.69) is 5.32 Å². The molecule has 0 aliphatic rings. The van der Waals surface area contributed by atoms with Gasteiger partial charge in [-0.15, -0.1) is 0 Å². The van der Waals surface area contributed by atoms with Crippen LogP contribution in [0.25, 0.3) is 0 Å². The van der Waals surface area contributed by atoms with Crippen molar-refractivity contribution in [1.82, 2.24) is 5.32 Å². The topological polar surface area (TPSA) is 56.8 Å². The summed E-state index contributed by atoms with van der Waals surface area (Å²) in [6, 6.07) is 5.77. The monoisotopic (exact) mass is 281 g/mol. The smallest absolute Gasteiger partial charge is 0.309 e. The van der Waals surface area contributed by atoms with Crippen LogP contribution in [-0.4, -0.2) is 33.3 Å². The summed E-state index contributed by atoms with van der Waals surface area (Å²) in [5, 5.41) is 3.31. The van der Waals surface area contributed by atoms with Gasteiger partial charge < -0.3 is 19.5 Å². The van der Waals surface area contributed by atoms with Crippen LogP contribution in [0.5, 0.6) is 11.5 Å². The van der Waals surface area contributed by atoms with Crippen molar-refractivity contribution in [3.63, 3.8) is 0 Å². The van der Waals surface area contributed by atoms with Crippen LogP contribution >= 0.6 is 0 Å². The number of carbonyl (C=O) groups excluding carboxylic acids is 1. The molecule has 1 N–H and O–H groups in total. The van der Waals surface area contributed by atoms with Gasteiger partial charge in [-0.3, -0.25) is 4.79 Å². The van der Waals surface area contributed by atoms with E-state index in [4.69, 9.17) is 14.2 Å². The van der Waals surface area contributed by atoms with E-state index in [1.165, 1.54) is 7.11 Å². The number of esters is 1. The van der Waals surface area contributed by atoms with Crippen molar-refractivity contribution >= 4 is 5.97 Å². The molecule has 1 aromatic carbocycles. The number of ether oxygens (including phenoxy) is 3. The zero-order valence-corrected chi connectivity index (χ0v) is 12.7. The Morgan fingerprint density at radius 2 is 1.80 bits per heavy atom. The molecule has 2 atom stereocenters. The zero-order valence-electron chi connectivity index (χ0n) is 12.7. The molecule has 0 aromatic heterocycles. The van der Waals surface area contributed by atoms with E-state index in [-0.39, 0.29) is 17.9 Å². The lowest BCUT2D eigenvalue weighted by molar-refractivity contribution is -0.145. The predicted octanol–water partition coefficient (Wildman–Crippen LogP) is 1.99. The summed E-state index contributed by atoms with van der Waals surface area (Å²) in [4.78, 5) is 11.4. The van der Waals surface area contributed by atoms with Crippen molar-refractivity contribution in [1.29, 1.82) is 0 Å². The molecule has 0 heterocycles. The summed E-state index contributed by atoms with van der Waals surface area (Å²) in [6.07, 6.45) is 0. The van der Waals surface area contributed by atoms with Crippen molar-refractivity contribution in [3.8, 4) is 11.5 Å². The molecule has 0 aliphatic carbocycles. The average molecular weight is 281 g/mol. The Morgan fingerprint density at radius 3 is 2.35 bits per heavy atom. The van der Waals surface area contributed by atoms with E-state index < -0.39 is 0 Å². The molecule has 0 amide bonds. The third-order valence-corrected chi connectivity index (χ3v) is 3.40. The van der Waals surface area contributed by atoms with Gasteiger partial charge in [0.1, 0.15) is 0 Å². The first-order chi connectivity index (χ1) is 9.53.